The van der Waals surface area contributed by atoms with Crippen molar-refractivity contribution in [3.05, 3.63) is 34.1 Å². The third kappa shape index (κ3) is 1.47. The summed E-state index contributed by atoms with van der Waals surface area (Å²) in [5, 5.41) is 7.50. The number of halogens is 1. The van der Waals surface area contributed by atoms with Crippen LogP contribution in [0.1, 0.15) is 0 Å². The summed E-state index contributed by atoms with van der Waals surface area (Å²) in [6, 6.07) is 7.54. The minimum Gasteiger partial charge on any atom is -0.303 e. The van der Waals surface area contributed by atoms with Crippen molar-refractivity contribution in [2.45, 2.75) is 0 Å². The van der Waals surface area contributed by atoms with Crippen LogP contribution >= 0.6 is 23.8 Å². The molecule has 0 unspecified atom stereocenters. The molecule has 0 aliphatic carbocycles. The predicted octanol–water partition coefficient (Wildman–Crippen LogP) is 2.80. The number of hydrogen-bond acceptors (Lipinski definition) is 2. The Balaban J connectivity index is 2.66. The molecule has 1 aromatic heterocycles. The smallest absolute Gasteiger partial charge is 0.195 e. The molecule has 72 valence electrons. The van der Waals surface area contributed by atoms with E-state index in [-0.39, 0.29) is 0 Å². The zero-order valence-corrected chi connectivity index (χ0v) is 9.06. The van der Waals surface area contributed by atoms with E-state index in [1.54, 1.807) is 4.57 Å². The highest BCUT2D eigenvalue weighted by atomic mass is 35.5. The van der Waals surface area contributed by atoms with Crippen molar-refractivity contribution in [1.29, 1.82) is 0 Å². The largest absolute Gasteiger partial charge is 0.303 e. The van der Waals surface area contributed by atoms with Crippen LogP contribution in [0.2, 0.25) is 5.02 Å². The highest BCUT2D eigenvalue weighted by Gasteiger charge is 2.08. The van der Waals surface area contributed by atoms with Gasteiger partial charge in [-0.1, -0.05) is 23.7 Å². The molecule has 0 bridgehead atoms. The summed E-state index contributed by atoms with van der Waals surface area (Å²) in [5.74, 6) is 0.751. The Morgan fingerprint density at radius 1 is 1.43 bits per heavy atom. The fourth-order valence-electron chi connectivity index (χ4n) is 1.23. The number of aromatic amines is 1. The number of nitrogens with zero attached hydrogens (tertiary/aromatic N) is 2. The Labute approximate surface area is 91.3 Å². The first-order valence-corrected chi connectivity index (χ1v) is 4.85. The maximum Gasteiger partial charge on any atom is 0.195 e. The van der Waals surface area contributed by atoms with E-state index in [9.17, 15) is 0 Å². The van der Waals surface area contributed by atoms with Gasteiger partial charge in [0.2, 0.25) is 0 Å². The number of benzene rings is 1. The highest BCUT2D eigenvalue weighted by molar-refractivity contribution is 7.71. The van der Waals surface area contributed by atoms with E-state index in [1.807, 2.05) is 31.3 Å². The molecule has 0 aliphatic heterocycles. The van der Waals surface area contributed by atoms with Gasteiger partial charge in [0.25, 0.3) is 0 Å². The maximum atomic E-state index is 6.04. The van der Waals surface area contributed by atoms with E-state index in [4.69, 9.17) is 23.8 Å². The molecule has 1 aromatic carbocycles. The van der Waals surface area contributed by atoms with Crippen LogP contribution in [-0.2, 0) is 7.05 Å². The predicted molar refractivity (Wildman–Crippen MR) is 58.8 cm³/mol. The van der Waals surface area contributed by atoms with Gasteiger partial charge in [0.15, 0.2) is 10.6 Å². The van der Waals surface area contributed by atoms with Crippen LogP contribution in [0.5, 0.6) is 0 Å². The van der Waals surface area contributed by atoms with E-state index < -0.39 is 0 Å². The molecule has 2 aromatic rings. The van der Waals surface area contributed by atoms with E-state index in [0.29, 0.717) is 9.79 Å². The molecule has 0 atom stereocenters. The van der Waals surface area contributed by atoms with Crippen LogP contribution in [0.3, 0.4) is 0 Å². The molecule has 0 fully saturated rings. The van der Waals surface area contributed by atoms with Crippen LogP contribution in [-0.4, -0.2) is 14.8 Å². The third-order valence-electron chi connectivity index (χ3n) is 1.99. The molecule has 0 saturated heterocycles. The topological polar surface area (TPSA) is 33.6 Å². The van der Waals surface area contributed by atoms with Crippen molar-refractivity contribution in [2.75, 3.05) is 0 Å². The molecule has 3 nitrogen and oxygen atoms in total. The lowest BCUT2D eigenvalue weighted by Crippen LogP contribution is -1.92. The van der Waals surface area contributed by atoms with Gasteiger partial charge in [-0.25, -0.2) is 0 Å². The highest BCUT2D eigenvalue weighted by Crippen LogP contribution is 2.24. The number of rotatable bonds is 1. The van der Waals surface area contributed by atoms with E-state index in [1.165, 1.54) is 0 Å². The van der Waals surface area contributed by atoms with Crippen molar-refractivity contribution in [2.24, 2.45) is 7.05 Å². The summed E-state index contributed by atoms with van der Waals surface area (Å²) < 4.78 is 2.37. The summed E-state index contributed by atoms with van der Waals surface area (Å²) >= 11 is 11.1. The second-order valence-corrected chi connectivity index (χ2v) is 3.69. The Kier molecular flexibility index (Phi) is 2.39. The maximum absolute atomic E-state index is 6.04. The molecule has 0 radical (unpaired) electrons. The van der Waals surface area contributed by atoms with E-state index in [0.717, 1.165) is 11.4 Å². The monoisotopic (exact) mass is 225 g/mol. The van der Waals surface area contributed by atoms with Crippen LogP contribution < -0.4 is 0 Å². The molecule has 1 N–H and O–H groups in total. The molecular weight excluding hydrogens is 218 g/mol. The van der Waals surface area contributed by atoms with Gasteiger partial charge < -0.3 is 4.57 Å². The van der Waals surface area contributed by atoms with Gasteiger partial charge in [-0.3, -0.25) is 5.10 Å². The van der Waals surface area contributed by atoms with Gasteiger partial charge in [0.1, 0.15) is 0 Å². The molecule has 0 amide bonds. The van der Waals surface area contributed by atoms with Crippen molar-refractivity contribution < 1.29 is 0 Å². The van der Waals surface area contributed by atoms with Crippen molar-refractivity contribution in [3.8, 4) is 11.4 Å². The minimum absolute atomic E-state index is 0.583. The SMILES string of the molecule is Cn1c(-c2ccccc2Cl)n[nH]c1=S. The first kappa shape index (κ1) is 9.43. The Morgan fingerprint density at radius 2 is 2.14 bits per heavy atom. The summed E-state index contributed by atoms with van der Waals surface area (Å²) in [6.07, 6.45) is 0. The molecule has 14 heavy (non-hydrogen) atoms. The lowest BCUT2D eigenvalue weighted by Gasteiger charge is -2.01. The van der Waals surface area contributed by atoms with Gasteiger partial charge in [-0.05, 0) is 24.4 Å². The van der Waals surface area contributed by atoms with Crippen LogP contribution in [0.4, 0.5) is 0 Å². The Hall–Kier alpha value is -1.13. The van der Waals surface area contributed by atoms with Crippen molar-refractivity contribution >= 4 is 23.8 Å². The van der Waals surface area contributed by atoms with Crippen LogP contribution in [0.15, 0.2) is 24.3 Å². The first-order valence-electron chi connectivity index (χ1n) is 4.06. The zero-order valence-electron chi connectivity index (χ0n) is 7.49. The van der Waals surface area contributed by atoms with Gasteiger partial charge in [0.05, 0.1) is 5.02 Å². The van der Waals surface area contributed by atoms with Crippen molar-refractivity contribution in [3.63, 3.8) is 0 Å². The molecule has 2 rings (SSSR count). The average molecular weight is 226 g/mol. The normalized spacial score (nSPS) is 10.4. The minimum atomic E-state index is 0.583. The van der Waals surface area contributed by atoms with Gasteiger partial charge >= 0.3 is 0 Å². The Bertz CT molecular complexity index is 515. The Morgan fingerprint density at radius 3 is 2.71 bits per heavy atom. The second-order valence-electron chi connectivity index (χ2n) is 2.89. The fourth-order valence-corrected chi connectivity index (χ4v) is 1.58. The molecule has 1 heterocycles. The number of nitrogens with one attached hydrogen (secondary N) is 1. The van der Waals surface area contributed by atoms with Crippen molar-refractivity contribution in [1.82, 2.24) is 14.8 Å². The number of hydrogen-bond donors (Lipinski definition) is 1. The lowest BCUT2D eigenvalue weighted by atomic mass is 10.2. The number of aromatic nitrogens is 3. The van der Waals surface area contributed by atoms with E-state index >= 15 is 0 Å². The molecule has 5 heteroatoms. The molecule has 0 saturated carbocycles. The van der Waals surface area contributed by atoms with Gasteiger partial charge in [-0.2, -0.15) is 5.10 Å². The molecular formula is C9H8ClN3S. The van der Waals surface area contributed by atoms with Gasteiger partial charge in [0, 0.05) is 12.6 Å². The quantitative estimate of drug-likeness (QED) is 0.758. The average Bonchev–Trinajstić information content (AvgIpc) is 2.49. The summed E-state index contributed by atoms with van der Waals surface area (Å²) in [4.78, 5) is 0. The zero-order chi connectivity index (χ0) is 10.1. The molecule has 0 spiro atoms. The van der Waals surface area contributed by atoms with Crippen LogP contribution in [0.25, 0.3) is 11.4 Å². The lowest BCUT2D eigenvalue weighted by molar-refractivity contribution is 0.902. The second kappa shape index (κ2) is 3.55. The van der Waals surface area contributed by atoms with Crippen LogP contribution in [0, 0.1) is 4.77 Å². The molecule has 0 aliphatic rings. The standard InChI is InChI=1S/C9H8ClN3S/c1-13-8(11-12-9(13)14)6-4-2-3-5-7(6)10/h2-5H,1H3,(H,12,14). The van der Waals surface area contributed by atoms with Gasteiger partial charge in [-0.15, -0.1) is 0 Å². The fraction of sp³-hybridized carbons (Fsp3) is 0.111. The first-order chi connectivity index (χ1) is 6.70. The number of H-pyrrole nitrogens is 1. The summed E-state index contributed by atoms with van der Waals surface area (Å²) in [5.41, 5.74) is 0.879. The summed E-state index contributed by atoms with van der Waals surface area (Å²) in [7, 11) is 1.85. The van der Waals surface area contributed by atoms with E-state index in [2.05, 4.69) is 10.2 Å². The third-order valence-corrected chi connectivity index (χ3v) is 2.69. The summed E-state index contributed by atoms with van der Waals surface area (Å²) in [6.45, 7) is 0.